The van der Waals surface area contributed by atoms with Crippen molar-refractivity contribution in [1.82, 2.24) is 10.6 Å². The molecule has 0 aliphatic heterocycles. The lowest BCUT2D eigenvalue weighted by Crippen LogP contribution is -2.28. The van der Waals surface area contributed by atoms with Gasteiger partial charge in [-0.2, -0.15) is 0 Å². The number of nitrogens with one attached hydrogen (secondary N) is 2. The molecule has 0 bridgehead atoms. The third-order valence-corrected chi connectivity index (χ3v) is 2.32. The third kappa shape index (κ3) is 11.9. The molecule has 0 amide bonds. The zero-order valence-electron chi connectivity index (χ0n) is 10.2. The van der Waals surface area contributed by atoms with E-state index in [9.17, 15) is 0 Å². The molecule has 0 radical (unpaired) electrons. The van der Waals surface area contributed by atoms with Gasteiger partial charge in [-0.15, -0.1) is 0 Å². The predicted octanol–water partition coefficient (Wildman–Crippen LogP) is 2.40. The summed E-state index contributed by atoms with van der Waals surface area (Å²) in [5.41, 5.74) is 0. The predicted molar refractivity (Wildman–Crippen MR) is 64.7 cm³/mol. The molecule has 0 aromatic rings. The number of hydrogen-bond acceptors (Lipinski definition) is 2. The van der Waals surface area contributed by atoms with Crippen LogP contribution in [0, 0.1) is 5.92 Å². The SMILES string of the molecule is CCCCNCCNCCCC(C)C. The molecule has 0 rings (SSSR count). The molecule has 0 aliphatic rings. The highest BCUT2D eigenvalue weighted by atomic mass is 14.9. The van der Waals surface area contributed by atoms with Crippen LogP contribution in [0.4, 0.5) is 0 Å². The molecule has 0 saturated heterocycles. The second-order valence-electron chi connectivity index (χ2n) is 4.39. The van der Waals surface area contributed by atoms with Gasteiger partial charge in [0.25, 0.3) is 0 Å². The molecule has 0 fully saturated rings. The quantitative estimate of drug-likeness (QED) is 0.529. The maximum Gasteiger partial charge on any atom is 0.00767 e. The van der Waals surface area contributed by atoms with Gasteiger partial charge in [0.05, 0.1) is 0 Å². The van der Waals surface area contributed by atoms with Crippen molar-refractivity contribution < 1.29 is 0 Å². The van der Waals surface area contributed by atoms with Crippen LogP contribution in [0.25, 0.3) is 0 Å². The van der Waals surface area contributed by atoms with Crippen molar-refractivity contribution in [2.75, 3.05) is 26.2 Å². The summed E-state index contributed by atoms with van der Waals surface area (Å²) in [6, 6.07) is 0. The van der Waals surface area contributed by atoms with E-state index in [1.54, 1.807) is 0 Å². The van der Waals surface area contributed by atoms with Gasteiger partial charge in [-0.3, -0.25) is 0 Å². The summed E-state index contributed by atoms with van der Waals surface area (Å²) in [6.07, 6.45) is 5.24. The standard InChI is InChI=1S/C12H28N2/c1-4-5-8-13-10-11-14-9-6-7-12(2)3/h12-14H,4-11H2,1-3H3. The summed E-state index contributed by atoms with van der Waals surface area (Å²) in [5, 5.41) is 6.88. The van der Waals surface area contributed by atoms with Crippen LogP contribution in [-0.4, -0.2) is 26.2 Å². The Kier molecular flexibility index (Phi) is 10.9. The van der Waals surface area contributed by atoms with Gasteiger partial charge in [-0.1, -0.05) is 27.2 Å². The minimum absolute atomic E-state index is 0.847. The van der Waals surface area contributed by atoms with Crippen molar-refractivity contribution in [3.05, 3.63) is 0 Å². The van der Waals surface area contributed by atoms with E-state index >= 15 is 0 Å². The molecule has 0 saturated carbocycles. The molecule has 0 aliphatic carbocycles. The van der Waals surface area contributed by atoms with Crippen LogP contribution in [0.5, 0.6) is 0 Å². The molecule has 14 heavy (non-hydrogen) atoms. The highest BCUT2D eigenvalue weighted by molar-refractivity contribution is 4.53. The Morgan fingerprint density at radius 2 is 1.43 bits per heavy atom. The minimum Gasteiger partial charge on any atom is -0.315 e. The second-order valence-corrected chi connectivity index (χ2v) is 4.39. The summed E-state index contributed by atoms with van der Waals surface area (Å²) < 4.78 is 0. The Balaban J connectivity index is 2.85. The second kappa shape index (κ2) is 11.0. The molecular formula is C12H28N2. The zero-order valence-corrected chi connectivity index (χ0v) is 10.2. The third-order valence-electron chi connectivity index (χ3n) is 2.32. The van der Waals surface area contributed by atoms with Gasteiger partial charge < -0.3 is 10.6 Å². The van der Waals surface area contributed by atoms with Crippen LogP contribution < -0.4 is 10.6 Å². The Hall–Kier alpha value is -0.0800. The van der Waals surface area contributed by atoms with Crippen molar-refractivity contribution in [3.63, 3.8) is 0 Å². The van der Waals surface area contributed by atoms with Crippen molar-refractivity contribution in [2.45, 2.75) is 46.5 Å². The number of hydrogen-bond donors (Lipinski definition) is 2. The number of unbranched alkanes of at least 4 members (excludes halogenated alkanes) is 1. The van der Waals surface area contributed by atoms with E-state index in [1.165, 1.54) is 38.8 Å². The topological polar surface area (TPSA) is 24.1 Å². The van der Waals surface area contributed by atoms with E-state index in [2.05, 4.69) is 31.4 Å². The van der Waals surface area contributed by atoms with E-state index in [-0.39, 0.29) is 0 Å². The largest absolute Gasteiger partial charge is 0.315 e. The van der Waals surface area contributed by atoms with E-state index in [4.69, 9.17) is 0 Å². The lowest BCUT2D eigenvalue weighted by atomic mass is 10.1. The van der Waals surface area contributed by atoms with Crippen LogP contribution in [0.1, 0.15) is 46.5 Å². The molecule has 0 spiro atoms. The molecule has 2 heteroatoms. The average molecular weight is 200 g/mol. The highest BCUT2D eigenvalue weighted by Gasteiger charge is 1.93. The van der Waals surface area contributed by atoms with E-state index in [0.29, 0.717) is 0 Å². The molecule has 0 heterocycles. The first-order chi connectivity index (χ1) is 6.77. The smallest absolute Gasteiger partial charge is 0.00767 e. The van der Waals surface area contributed by atoms with Crippen molar-refractivity contribution in [1.29, 1.82) is 0 Å². The van der Waals surface area contributed by atoms with Crippen LogP contribution in [-0.2, 0) is 0 Å². The Morgan fingerprint density at radius 3 is 1.93 bits per heavy atom. The summed E-state index contributed by atoms with van der Waals surface area (Å²) in [4.78, 5) is 0. The Labute approximate surface area is 89.9 Å². The number of rotatable bonds is 10. The lowest BCUT2D eigenvalue weighted by molar-refractivity contribution is 0.519. The summed E-state index contributed by atoms with van der Waals surface area (Å²) in [6.45, 7) is 11.4. The minimum atomic E-state index is 0.847. The van der Waals surface area contributed by atoms with Gasteiger partial charge in [0.2, 0.25) is 0 Å². The van der Waals surface area contributed by atoms with Crippen molar-refractivity contribution >= 4 is 0 Å². The lowest BCUT2D eigenvalue weighted by Gasteiger charge is -2.07. The van der Waals surface area contributed by atoms with Gasteiger partial charge in [-0.25, -0.2) is 0 Å². The van der Waals surface area contributed by atoms with E-state index in [1.807, 2.05) is 0 Å². The molecule has 0 unspecified atom stereocenters. The van der Waals surface area contributed by atoms with E-state index < -0.39 is 0 Å². The molecule has 0 atom stereocenters. The van der Waals surface area contributed by atoms with E-state index in [0.717, 1.165) is 19.0 Å². The van der Waals surface area contributed by atoms with Crippen molar-refractivity contribution in [3.8, 4) is 0 Å². The normalized spacial score (nSPS) is 11.1. The van der Waals surface area contributed by atoms with Crippen LogP contribution in [0.2, 0.25) is 0 Å². The zero-order chi connectivity index (χ0) is 10.6. The summed E-state index contributed by atoms with van der Waals surface area (Å²) in [7, 11) is 0. The van der Waals surface area contributed by atoms with Gasteiger partial charge in [0, 0.05) is 13.1 Å². The first kappa shape index (κ1) is 13.9. The highest BCUT2D eigenvalue weighted by Crippen LogP contribution is 2.01. The summed E-state index contributed by atoms with van der Waals surface area (Å²) in [5.74, 6) is 0.847. The Bertz CT molecular complexity index is 102. The summed E-state index contributed by atoms with van der Waals surface area (Å²) >= 11 is 0. The van der Waals surface area contributed by atoms with Gasteiger partial charge in [-0.05, 0) is 38.3 Å². The fourth-order valence-electron chi connectivity index (χ4n) is 1.36. The monoisotopic (exact) mass is 200 g/mol. The van der Waals surface area contributed by atoms with Crippen LogP contribution in [0.15, 0.2) is 0 Å². The first-order valence-electron chi connectivity index (χ1n) is 6.18. The first-order valence-corrected chi connectivity index (χ1v) is 6.18. The van der Waals surface area contributed by atoms with Crippen LogP contribution in [0.3, 0.4) is 0 Å². The molecule has 2 N–H and O–H groups in total. The fourth-order valence-corrected chi connectivity index (χ4v) is 1.36. The average Bonchev–Trinajstić information content (AvgIpc) is 2.15. The van der Waals surface area contributed by atoms with Gasteiger partial charge in [0.15, 0.2) is 0 Å². The Morgan fingerprint density at radius 1 is 0.857 bits per heavy atom. The molecule has 0 aromatic carbocycles. The van der Waals surface area contributed by atoms with Crippen LogP contribution >= 0.6 is 0 Å². The van der Waals surface area contributed by atoms with Gasteiger partial charge >= 0.3 is 0 Å². The maximum absolute atomic E-state index is 3.46. The van der Waals surface area contributed by atoms with Crippen molar-refractivity contribution in [2.24, 2.45) is 5.92 Å². The molecular weight excluding hydrogens is 172 g/mol. The molecule has 0 aromatic heterocycles. The molecule has 2 nitrogen and oxygen atoms in total. The molecule has 86 valence electrons. The van der Waals surface area contributed by atoms with Gasteiger partial charge in [0.1, 0.15) is 0 Å². The fraction of sp³-hybridized carbons (Fsp3) is 1.00. The maximum atomic E-state index is 3.46.